The number of hydrogen-bond donors (Lipinski definition) is 0. The first-order valence-corrected chi connectivity index (χ1v) is 12.2. The lowest BCUT2D eigenvalue weighted by molar-refractivity contribution is -0.137. The number of benzene rings is 1. The van der Waals surface area contributed by atoms with Crippen LogP contribution in [0.3, 0.4) is 0 Å². The maximum Gasteiger partial charge on any atom is 0.417 e. The van der Waals surface area contributed by atoms with Crippen molar-refractivity contribution < 1.29 is 30.0 Å². The number of pyridine rings is 1. The van der Waals surface area contributed by atoms with E-state index in [0.717, 1.165) is 24.6 Å². The second-order valence-electron chi connectivity index (χ2n) is 6.99. The quantitative estimate of drug-likeness (QED) is 0.692. The van der Waals surface area contributed by atoms with E-state index in [-0.39, 0.29) is 36.0 Å². The number of nitrogens with zero attached hydrogens (tertiary/aromatic N) is 3. The number of sulfone groups is 1. The van der Waals surface area contributed by atoms with E-state index in [1.165, 1.54) is 22.5 Å². The van der Waals surface area contributed by atoms with Crippen LogP contribution in [0, 0.1) is 6.92 Å². The number of piperazine rings is 1. The Balaban J connectivity index is 1.77. The molecular weight excluding hydrogens is 443 g/mol. The van der Waals surface area contributed by atoms with Gasteiger partial charge in [0.05, 0.1) is 15.4 Å². The molecule has 0 N–H and O–H groups in total. The van der Waals surface area contributed by atoms with Gasteiger partial charge in [-0.15, -0.1) is 0 Å². The predicted molar refractivity (Wildman–Crippen MR) is 104 cm³/mol. The summed E-state index contributed by atoms with van der Waals surface area (Å²) in [5, 5.41) is 0. The Morgan fingerprint density at radius 2 is 1.60 bits per heavy atom. The summed E-state index contributed by atoms with van der Waals surface area (Å²) < 4.78 is 89.0. The van der Waals surface area contributed by atoms with Gasteiger partial charge in [0.15, 0.2) is 9.84 Å². The van der Waals surface area contributed by atoms with Gasteiger partial charge in [0.25, 0.3) is 0 Å². The van der Waals surface area contributed by atoms with Crippen LogP contribution in [0.5, 0.6) is 0 Å². The maximum atomic E-state index is 13.1. The topological polar surface area (TPSA) is 87.6 Å². The molecule has 0 spiro atoms. The molecule has 30 heavy (non-hydrogen) atoms. The minimum atomic E-state index is -4.48. The van der Waals surface area contributed by atoms with Crippen LogP contribution in [0.15, 0.2) is 46.3 Å². The highest BCUT2D eigenvalue weighted by molar-refractivity contribution is 7.91. The highest BCUT2D eigenvalue weighted by atomic mass is 32.2. The number of aryl methyl sites for hydroxylation is 1. The van der Waals surface area contributed by atoms with Crippen LogP contribution in [0.4, 0.5) is 19.0 Å². The number of alkyl halides is 3. The first-order valence-electron chi connectivity index (χ1n) is 8.89. The molecule has 0 saturated carbocycles. The van der Waals surface area contributed by atoms with Gasteiger partial charge in [-0.3, -0.25) is 0 Å². The largest absolute Gasteiger partial charge is 0.417 e. The molecule has 0 atom stereocenters. The van der Waals surface area contributed by atoms with E-state index < -0.39 is 31.6 Å². The molecular formula is C18H20F3N3O4S2. The van der Waals surface area contributed by atoms with Crippen LogP contribution < -0.4 is 4.90 Å². The average Bonchev–Trinajstić information content (AvgIpc) is 2.67. The van der Waals surface area contributed by atoms with Crippen molar-refractivity contribution in [2.24, 2.45) is 0 Å². The average molecular weight is 464 g/mol. The number of aromatic nitrogens is 1. The first kappa shape index (κ1) is 22.5. The van der Waals surface area contributed by atoms with E-state index in [9.17, 15) is 30.0 Å². The zero-order valence-corrected chi connectivity index (χ0v) is 17.9. The van der Waals surface area contributed by atoms with Crippen molar-refractivity contribution in [3.8, 4) is 0 Å². The third-order valence-electron chi connectivity index (χ3n) is 4.84. The van der Waals surface area contributed by atoms with Crippen LogP contribution in [-0.4, -0.2) is 58.6 Å². The number of halogens is 3. The first-order chi connectivity index (χ1) is 13.8. The van der Waals surface area contributed by atoms with Gasteiger partial charge in [0.1, 0.15) is 5.82 Å². The molecule has 0 unspecified atom stereocenters. The summed E-state index contributed by atoms with van der Waals surface area (Å²) in [5.41, 5.74) is -0.428. The monoisotopic (exact) mass is 463 g/mol. The van der Waals surface area contributed by atoms with Gasteiger partial charge in [0.2, 0.25) is 10.0 Å². The van der Waals surface area contributed by atoms with Crippen LogP contribution in [0.25, 0.3) is 0 Å². The molecule has 1 saturated heterocycles. The summed E-state index contributed by atoms with van der Waals surface area (Å²) in [5.74, 6) is 0.329. The van der Waals surface area contributed by atoms with Gasteiger partial charge < -0.3 is 4.90 Å². The van der Waals surface area contributed by atoms with Crippen LogP contribution in [-0.2, 0) is 26.0 Å². The molecule has 3 rings (SSSR count). The van der Waals surface area contributed by atoms with Crippen LogP contribution >= 0.6 is 0 Å². The van der Waals surface area contributed by atoms with Crippen molar-refractivity contribution in [1.29, 1.82) is 0 Å². The van der Waals surface area contributed by atoms with E-state index in [2.05, 4.69) is 4.98 Å². The fourth-order valence-corrected chi connectivity index (χ4v) is 5.52. The Hall–Kier alpha value is -2.18. The summed E-state index contributed by atoms with van der Waals surface area (Å²) in [7, 11) is -7.51. The minimum Gasteiger partial charge on any atom is -0.354 e. The molecule has 164 valence electrons. The molecule has 12 heteroatoms. The Kier molecular flexibility index (Phi) is 5.87. The van der Waals surface area contributed by atoms with Gasteiger partial charge in [-0.05, 0) is 36.8 Å². The zero-order valence-electron chi connectivity index (χ0n) is 16.2. The molecule has 1 fully saturated rings. The molecule has 0 bridgehead atoms. The van der Waals surface area contributed by atoms with Crippen molar-refractivity contribution in [3.63, 3.8) is 0 Å². The van der Waals surface area contributed by atoms with E-state index in [4.69, 9.17) is 0 Å². The van der Waals surface area contributed by atoms with Crippen molar-refractivity contribution in [3.05, 3.63) is 47.7 Å². The summed E-state index contributed by atoms with van der Waals surface area (Å²) >= 11 is 0. The lowest BCUT2D eigenvalue weighted by Gasteiger charge is -2.35. The second kappa shape index (κ2) is 7.82. The molecule has 1 aromatic carbocycles. The summed E-state index contributed by atoms with van der Waals surface area (Å²) in [6.45, 7) is 2.24. The van der Waals surface area contributed by atoms with Gasteiger partial charge in [0, 0.05) is 38.6 Å². The lowest BCUT2D eigenvalue weighted by atomic mass is 10.2. The van der Waals surface area contributed by atoms with E-state index in [0.29, 0.717) is 11.4 Å². The Morgan fingerprint density at radius 1 is 0.967 bits per heavy atom. The number of hydrogen-bond acceptors (Lipinski definition) is 6. The molecule has 2 aromatic rings. The number of sulfonamides is 1. The number of anilines is 1. The van der Waals surface area contributed by atoms with Crippen LogP contribution in [0.2, 0.25) is 0 Å². The minimum absolute atomic E-state index is 0.0773. The summed E-state index contributed by atoms with van der Waals surface area (Å²) in [4.78, 5) is 5.38. The normalized spacial score (nSPS) is 16.6. The fraction of sp³-hybridized carbons (Fsp3) is 0.389. The maximum absolute atomic E-state index is 13.1. The van der Waals surface area contributed by atoms with E-state index >= 15 is 0 Å². The molecule has 1 aliphatic rings. The zero-order chi connectivity index (χ0) is 22.3. The highest BCUT2D eigenvalue weighted by Gasteiger charge is 2.33. The third-order valence-corrected chi connectivity index (χ3v) is 7.99. The molecule has 1 aliphatic heterocycles. The molecule has 0 radical (unpaired) electrons. The van der Waals surface area contributed by atoms with Crippen LogP contribution in [0.1, 0.15) is 11.1 Å². The predicted octanol–water partition coefficient (Wildman–Crippen LogP) is 2.32. The van der Waals surface area contributed by atoms with Gasteiger partial charge in [-0.1, -0.05) is 6.07 Å². The van der Waals surface area contributed by atoms with Crippen molar-refractivity contribution in [2.45, 2.75) is 22.9 Å². The Morgan fingerprint density at radius 3 is 2.10 bits per heavy atom. The fourth-order valence-electron chi connectivity index (χ4n) is 3.13. The Labute approximate surface area is 173 Å². The molecule has 7 nitrogen and oxygen atoms in total. The van der Waals surface area contributed by atoms with Gasteiger partial charge in [-0.25, -0.2) is 21.8 Å². The lowest BCUT2D eigenvalue weighted by Crippen LogP contribution is -2.49. The smallest absolute Gasteiger partial charge is 0.354 e. The SMILES string of the molecule is Cc1ccc(S(C)(=O)=O)cc1S(=O)(=O)N1CCN(c2ccc(C(F)(F)F)cn2)CC1. The summed E-state index contributed by atoms with van der Waals surface area (Å²) in [6.07, 6.45) is -2.72. The standard InChI is InChI=1S/C18H20F3N3O4S2/c1-13-3-5-15(29(2,25)26)11-16(13)30(27,28)24-9-7-23(8-10-24)17-6-4-14(12-22-17)18(19,20)21/h3-6,11-12H,7-10H2,1-2H3. The molecule has 0 aliphatic carbocycles. The Bertz CT molecular complexity index is 1140. The van der Waals surface area contributed by atoms with Crippen molar-refractivity contribution in [1.82, 2.24) is 9.29 Å². The number of rotatable bonds is 4. The van der Waals surface area contributed by atoms with Crippen molar-refractivity contribution >= 4 is 25.7 Å². The molecule has 0 amide bonds. The second-order valence-corrected chi connectivity index (χ2v) is 10.9. The molecule has 2 heterocycles. The third kappa shape index (κ3) is 4.60. The van der Waals surface area contributed by atoms with E-state index in [1.807, 2.05) is 0 Å². The van der Waals surface area contributed by atoms with Gasteiger partial charge in [-0.2, -0.15) is 17.5 Å². The molecule has 1 aromatic heterocycles. The summed E-state index contributed by atoms with van der Waals surface area (Å²) in [6, 6.07) is 6.16. The van der Waals surface area contributed by atoms with E-state index in [1.54, 1.807) is 11.8 Å². The van der Waals surface area contributed by atoms with Crippen molar-refractivity contribution in [2.75, 3.05) is 37.3 Å². The van der Waals surface area contributed by atoms with Gasteiger partial charge >= 0.3 is 6.18 Å². The highest BCUT2D eigenvalue weighted by Crippen LogP contribution is 2.30.